The molecule has 0 saturated carbocycles. The van der Waals surface area contributed by atoms with Gasteiger partial charge < -0.3 is 24.5 Å². The van der Waals surface area contributed by atoms with Gasteiger partial charge in [-0.25, -0.2) is 0 Å². The zero-order valence-electron chi connectivity index (χ0n) is 21.4. The number of rotatable bonds is 4. The molecule has 2 aromatic carbocycles. The Morgan fingerprint density at radius 1 is 1.29 bits per heavy atom. The van der Waals surface area contributed by atoms with Crippen molar-refractivity contribution in [2.45, 2.75) is 45.8 Å². The van der Waals surface area contributed by atoms with Gasteiger partial charge >= 0.3 is 0 Å². The summed E-state index contributed by atoms with van der Waals surface area (Å²) < 4.78 is 11.8. The molecule has 0 bridgehead atoms. The Balaban J connectivity index is 0.000000350. The van der Waals surface area contributed by atoms with Gasteiger partial charge in [-0.15, -0.1) is 0 Å². The molecule has 0 saturated heterocycles. The second-order valence-corrected chi connectivity index (χ2v) is 8.99. The number of benzene rings is 2. The first-order valence-corrected chi connectivity index (χ1v) is 11.5. The van der Waals surface area contributed by atoms with Gasteiger partial charge in [-0.05, 0) is 51.0 Å². The quantitative estimate of drug-likeness (QED) is 0.498. The van der Waals surface area contributed by atoms with Gasteiger partial charge in [-0.3, -0.25) is 0 Å². The Bertz CT molecular complexity index is 1060. The van der Waals surface area contributed by atoms with Crippen LogP contribution in [0.4, 0.5) is 11.4 Å². The number of carbonyl (C=O) groups excluding carboxylic acids is 1. The molecule has 5 heteroatoms. The van der Waals surface area contributed by atoms with Crippen LogP contribution in [0.15, 0.2) is 67.3 Å². The van der Waals surface area contributed by atoms with Crippen LogP contribution < -0.4 is 19.7 Å². The molecule has 34 heavy (non-hydrogen) atoms. The van der Waals surface area contributed by atoms with Crippen molar-refractivity contribution in [2.75, 3.05) is 30.9 Å². The molecule has 0 fully saturated rings. The monoisotopic (exact) mass is 462 g/mol. The molecule has 2 aliphatic heterocycles. The third kappa shape index (κ3) is 5.71. The zero-order chi connectivity index (χ0) is 25.5. The highest BCUT2D eigenvalue weighted by molar-refractivity contribution is 5.90. The molecule has 1 N–H and O–H groups in total. The lowest BCUT2D eigenvalue weighted by Crippen LogP contribution is -2.47. The van der Waals surface area contributed by atoms with Crippen molar-refractivity contribution in [1.29, 1.82) is 0 Å². The molecule has 2 aliphatic rings. The second kappa shape index (κ2) is 11.6. The van der Waals surface area contributed by atoms with Crippen LogP contribution in [-0.2, 0) is 4.79 Å². The van der Waals surface area contributed by atoms with Gasteiger partial charge in [-0.2, -0.15) is 0 Å². The second-order valence-electron chi connectivity index (χ2n) is 8.99. The van der Waals surface area contributed by atoms with Crippen molar-refractivity contribution in [3.8, 4) is 22.6 Å². The summed E-state index contributed by atoms with van der Waals surface area (Å²) in [5.74, 6) is 1.74. The summed E-state index contributed by atoms with van der Waals surface area (Å²) in [6.45, 7) is 18.9. The van der Waals surface area contributed by atoms with Crippen LogP contribution in [0.3, 0.4) is 0 Å². The predicted molar refractivity (Wildman–Crippen MR) is 144 cm³/mol. The molecule has 0 spiro atoms. The number of likely N-dealkylation sites (N-methyl/N-ethyl adjacent to an activating group) is 1. The van der Waals surface area contributed by atoms with E-state index in [2.05, 4.69) is 70.2 Å². The summed E-state index contributed by atoms with van der Waals surface area (Å²) in [4.78, 5) is 10.3. The number of methoxy groups -OCH3 is 1. The molecule has 4 rings (SSSR count). The molecule has 2 aromatic rings. The van der Waals surface area contributed by atoms with Gasteiger partial charge in [0.15, 0.2) is 0 Å². The van der Waals surface area contributed by atoms with Crippen molar-refractivity contribution >= 4 is 18.2 Å². The van der Waals surface area contributed by atoms with Gasteiger partial charge in [-0.1, -0.05) is 56.0 Å². The van der Waals surface area contributed by atoms with Gasteiger partial charge in [0.25, 0.3) is 0 Å². The predicted octanol–water partition coefficient (Wildman–Crippen LogP) is 6.97. The summed E-state index contributed by atoms with van der Waals surface area (Å²) >= 11 is 0. The molecular weight excluding hydrogens is 424 g/mol. The average Bonchev–Trinajstić information content (AvgIpc) is 2.82. The smallest absolute Gasteiger partial charge is 0.131 e. The minimum atomic E-state index is 0.0000170. The van der Waals surface area contributed by atoms with E-state index in [1.165, 1.54) is 22.5 Å². The van der Waals surface area contributed by atoms with Gasteiger partial charge in [0.1, 0.15) is 24.4 Å². The summed E-state index contributed by atoms with van der Waals surface area (Å²) in [7, 11) is 3.87. The third-order valence-electron chi connectivity index (χ3n) is 5.81. The highest BCUT2D eigenvalue weighted by Gasteiger charge is 2.35. The van der Waals surface area contributed by atoms with E-state index in [0.29, 0.717) is 0 Å². The van der Waals surface area contributed by atoms with E-state index in [-0.39, 0.29) is 11.6 Å². The van der Waals surface area contributed by atoms with E-state index in [1.54, 1.807) is 13.2 Å². The minimum Gasteiger partial charge on any atom is -0.496 e. The van der Waals surface area contributed by atoms with Crippen molar-refractivity contribution in [3.05, 3.63) is 72.9 Å². The molecule has 0 radical (unpaired) electrons. The van der Waals surface area contributed by atoms with Gasteiger partial charge in [0, 0.05) is 24.7 Å². The number of fused-ring (bicyclic) bond motifs is 5. The Kier molecular flexibility index (Phi) is 9.13. The van der Waals surface area contributed by atoms with Crippen LogP contribution in [0.2, 0.25) is 0 Å². The third-order valence-corrected chi connectivity index (χ3v) is 5.81. The van der Waals surface area contributed by atoms with Crippen LogP contribution in [-0.4, -0.2) is 33.0 Å². The molecule has 0 aromatic heterocycles. The molecule has 1 atom stereocenters. The van der Waals surface area contributed by atoms with E-state index >= 15 is 0 Å². The Labute approximate surface area is 204 Å². The number of ether oxygens (including phenoxy) is 2. The SMILES string of the molecule is C=C/C=C\C(=C)CC.C=O.COc1cccc2c1-c1ccc3c(c1C(C)O2)N(C)CC(C)(C)N3. The average molecular weight is 463 g/mol. The number of anilines is 2. The maximum absolute atomic E-state index is 8.00. The minimum absolute atomic E-state index is 0.0000170. The molecule has 5 nitrogen and oxygen atoms in total. The number of allylic oxidation sites excluding steroid dienone is 4. The maximum Gasteiger partial charge on any atom is 0.131 e. The van der Waals surface area contributed by atoms with E-state index in [4.69, 9.17) is 14.3 Å². The summed E-state index contributed by atoms with van der Waals surface area (Å²) in [6.07, 6.45) is 6.63. The molecule has 0 amide bonds. The first-order chi connectivity index (χ1) is 16.2. The summed E-state index contributed by atoms with van der Waals surface area (Å²) in [6, 6.07) is 10.4. The lowest BCUT2D eigenvalue weighted by atomic mass is 9.88. The van der Waals surface area contributed by atoms with Gasteiger partial charge in [0.2, 0.25) is 0 Å². The van der Waals surface area contributed by atoms with E-state index in [1.807, 2.05) is 37.1 Å². The van der Waals surface area contributed by atoms with Crippen LogP contribution >= 0.6 is 0 Å². The number of carbonyl (C=O) groups is 1. The fraction of sp³-hybridized carbons (Fsp3) is 0.345. The topological polar surface area (TPSA) is 50.8 Å². The number of hydrogen-bond donors (Lipinski definition) is 1. The number of nitrogens with zero attached hydrogens (tertiary/aromatic N) is 1. The van der Waals surface area contributed by atoms with E-state index in [0.717, 1.165) is 35.6 Å². The highest BCUT2D eigenvalue weighted by atomic mass is 16.5. The summed E-state index contributed by atoms with van der Waals surface area (Å²) in [5, 5.41) is 3.66. The maximum atomic E-state index is 8.00. The van der Waals surface area contributed by atoms with Crippen molar-refractivity contribution in [2.24, 2.45) is 0 Å². The largest absolute Gasteiger partial charge is 0.496 e. The lowest BCUT2D eigenvalue weighted by Gasteiger charge is -2.43. The van der Waals surface area contributed by atoms with E-state index in [9.17, 15) is 0 Å². The fourth-order valence-corrected chi connectivity index (χ4v) is 4.44. The first kappa shape index (κ1) is 26.8. The van der Waals surface area contributed by atoms with Crippen LogP contribution in [0.5, 0.6) is 11.5 Å². The van der Waals surface area contributed by atoms with Crippen LogP contribution in [0.25, 0.3) is 11.1 Å². The van der Waals surface area contributed by atoms with Crippen molar-refractivity contribution < 1.29 is 14.3 Å². The van der Waals surface area contributed by atoms with Crippen molar-refractivity contribution in [3.63, 3.8) is 0 Å². The Morgan fingerprint density at radius 2 is 2.00 bits per heavy atom. The molecular formula is C29H38N2O3. The van der Waals surface area contributed by atoms with Crippen LogP contribution in [0.1, 0.15) is 45.8 Å². The first-order valence-electron chi connectivity index (χ1n) is 11.5. The fourth-order valence-electron chi connectivity index (χ4n) is 4.44. The van der Waals surface area contributed by atoms with Crippen molar-refractivity contribution in [1.82, 2.24) is 0 Å². The van der Waals surface area contributed by atoms with Crippen LogP contribution in [0, 0.1) is 0 Å². The molecule has 0 aliphatic carbocycles. The molecule has 1 unspecified atom stereocenters. The Hall–Kier alpha value is -3.47. The van der Waals surface area contributed by atoms with Gasteiger partial charge in [0.05, 0.1) is 24.0 Å². The molecule has 2 heterocycles. The van der Waals surface area contributed by atoms with E-state index < -0.39 is 0 Å². The Morgan fingerprint density at radius 3 is 2.62 bits per heavy atom. The lowest BCUT2D eigenvalue weighted by molar-refractivity contribution is -0.0979. The normalized spacial score (nSPS) is 16.6. The molecule has 182 valence electrons. The standard InChI is InChI=1S/C20H24N2O2.C8H12.CH2O/c1-12-17-13(18-15(23-5)7-6-8-16(18)24-12)9-10-14-19(17)22(4)11-20(2,3)21-14;1-4-6-7-8(3)5-2;1-2/h6-10,12,21H,11H2,1-5H3;4,6-7H,1,3,5H2,2H3;1H2/b;7-6-;. The zero-order valence-corrected chi connectivity index (χ0v) is 21.4. The summed E-state index contributed by atoms with van der Waals surface area (Å²) in [5.41, 5.74) is 7.07. The number of hydrogen-bond acceptors (Lipinski definition) is 5. The number of nitrogens with one attached hydrogen (secondary N) is 1. The highest BCUT2D eigenvalue weighted by Crippen LogP contribution is 2.52.